The van der Waals surface area contributed by atoms with Gasteiger partial charge in [0.25, 0.3) is 0 Å². The Morgan fingerprint density at radius 2 is 1.46 bits per heavy atom. The van der Waals surface area contributed by atoms with Crippen LogP contribution in [0.2, 0.25) is 0 Å². The van der Waals surface area contributed by atoms with Gasteiger partial charge in [0.2, 0.25) is 0 Å². The zero-order chi connectivity index (χ0) is 17.6. The molecule has 1 aliphatic rings. The fourth-order valence-corrected chi connectivity index (χ4v) is 3.79. The van der Waals surface area contributed by atoms with Crippen LogP contribution in [-0.4, -0.2) is 9.78 Å². The van der Waals surface area contributed by atoms with Gasteiger partial charge in [-0.25, -0.2) is 4.68 Å². The second-order valence-electron chi connectivity index (χ2n) is 7.02. The van der Waals surface area contributed by atoms with Gasteiger partial charge in [-0.05, 0) is 44.2 Å². The summed E-state index contributed by atoms with van der Waals surface area (Å²) in [6.07, 6.45) is 13.1. The molecule has 2 nitrogen and oxygen atoms in total. The molecule has 4 rings (SSSR count). The number of allylic oxidation sites excluding steroid dienone is 2. The molecule has 0 saturated carbocycles. The maximum Gasteiger partial charge on any atom is 0.0779 e. The summed E-state index contributed by atoms with van der Waals surface area (Å²) >= 11 is 0. The van der Waals surface area contributed by atoms with Crippen molar-refractivity contribution in [2.75, 3.05) is 0 Å². The first-order chi connectivity index (χ1) is 12.9. The molecular formula is C24H26N2. The topological polar surface area (TPSA) is 17.8 Å². The van der Waals surface area contributed by atoms with Gasteiger partial charge in [0, 0.05) is 11.1 Å². The minimum Gasteiger partial charge on any atom is -0.233 e. The van der Waals surface area contributed by atoms with Crippen LogP contribution in [0.1, 0.15) is 43.4 Å². The molecule has 2 aromatic carbocycles. The summed E-state index contributed by atoms with van der Waals surface area (Å²) in [6, 6.07) is 21.2. The fourth-order valence-electron chi connectivity index (χ4n) is 3.79. The minimum atomic E-state index is 0.965. The van der Waals surface area contributed by atoms with Crippen molar-refractivity contribution in [2.24, 2.45) is 0 Å². The van der Waals surface area contributed by atoms with E-state index in [4.69, 9.17) is 5.10 Å². The molecule has 0 saturated heterocycles. The van der Waals surface area contributed by atoms with E-state index < -0.39 is 0 Å². The number of aromatic nitrogens is 2. The van der Waals surface area contributed by atoms with E-state index in [0.717, 1.165) is 18.5 Å². The van der Waals surface area contributed by atoms with E-state index in [-0.39, 0.29) is 0 Å². The molecule has 0 fully saturated rings. The molecule has 26 heavy (non-hydrogen) atoms. The van der Waals surface area contributed by atoms with Crippen LogP contribution in [0.15, 0.2) is 72.8 Å². The Kier molecular flexibility index (Phi) is 5.30. The van der Waals surface area contributed by atoms with Gasteiger partial charge in [0.05, 0.1) is 17.1 Å². The van der Waals surface area contributed by atoms with E-state index in [1.807, 2.05) is 0 Å². The molecule has 0 unspecified atom stereocenters. The Morgan fingerprint density at radius 3 is 2.27 bits per heavy atom. The number of hydrogen-bond acceptors (Lipinski definition) is 1. The predicted octanol–water partition coefficient (Wildman–Crippen LogP) is 6.14. The van der Waals surface area contributed by atoms with Crippen LogP contribution in [0, 0.1) is 0 Å². The smallest absolute Gasteiger partial charge is 0.0779 e. The largest absolute Gasteiger partial charge is 0.233 e. The van der Waals surface area contributed by atoms with Crippen molar-refractivity contribution < 1.29 is 0 Å². The van der Waals surface area contributed by atoms with Crippen molar-refractivity contribution >= 4 is 0 Å². The van der Waals surface area contributed by atoms with E-state index in [1.54, 1.807) is 0 Å². The highest BCUT2D eigenvalue weighted by molar-refractivity contribution is 5.67. The third-order valence-corrected chi connectivity index (χ3v) is 5.14. The zero-order valence-corrected chi connectivity index (χ0v) is 15.3. The van der Waals surface area contributed by atoms with Gasteiger partial charge in [-0.15, -0.1) is 0 Å². The van der Waals surface area contributed by atoms with Crippen molar-refractivity contribution in [1.82, 2.24) is 9.78 Å². The number of hydrogen-bond donors (Lipinski definition) is 0. The molecule has 132 valence electrons. The molecular weight excluding hydrogens is 316 g/mol. The Morgan fingerprint density at radius 1 is 0.731 bits per heavy atom. The Labute approximate surface area is 156 Å². The van der Waals surface area contributed by atoms with E-state index in [2.05, 4.69) is 77.5 Å². The Hall–Kier alpha value is -2.61. The Bertz CT molecular complexity index is 860. The number of aryl methyl sites for hydroxylation is 1. The van der Waals surface area contributed by atoms with Crippen molar-refractivity contribution in [2.45, 2.75) is 44.9 Å². The average Bonchev–Trinajstić information content (AvgIpc) is 3.04. The second kappa shape index (κ2) is 8.18. The van der Waals surface area contributed by atoms with Crippen LogP contribution < -0.4 is 0 Å². The number of benzene rings is 2. The lowest BCUT2D eigenvalue weighted by molar-refractivity contribution is 0.638. The second-order valence-corrected chi connectivity index (χ2v) is 7.02. The highest BCUT2D eigenvalue weighted by Crippen LogP contribution is 2.31. The summed E-state index contributed by atoms with van der Waals surface area (Å²) in [6.45, 7) is 0. The maximum atomic E-state index is 5.08. The van der Waals surface area contributed by atoms with Crippen LogP contribution in [0.5, 0.6) is 0 Å². The predicted molar refractivity (Wildman–Crippen MR) is 109 cm³/mol. The SMILES string of the molecule is C1=C\Cc2c(nn(-c3ccccc3)c2-c2ccccc2)CCCCCC/1. The molecule has 0 aliphatic heterocycles. The van der Waals surface area contributed by atoms with Crippen LogP contribution in [0.3, 0.4) is 0 Å². The first-order valence-corrected chi connectivity index (χ1v) is 9.80. The summed E-state index contributed by atoms with van der Waals surface area (Å²) in [7, 11) is 0. The molecule has 1 aliphatic carbocycles. The highest BCUT2D eigenvalue weighted by Gasteiger charge is 2.19. The standard InChI is InChI=1S/C24H26N2/c1-2-4-12-18-22-23(19-13-5-3-1)25-26(21-16-10-7-11-17-21)24(22)20-14-8-6-9-15-20/h4,6-12,14-17H,1-3,5,13,18-19H2/b12-4-. The molecule has 0 atom stereocenters. The molecule has 3 aromatic rings. The fraction of sp³-hybridized carbons (Fsp3) is 0.292. The summed E-state index contributed by atoms with van der Waals surface area (Å²) in [5.74, 6) is 0. The van der Waals surface area contributed by atoms with Gasteiger partial charge in [0.1, 0.15) is 0 Å². The van der Waals surface area contributed by atoms with Crippen molar-refractivity contribution in [3.05, 3.63) is 84.1 Å². The monoisotopic (exact) mass is 342 g/mol. The quantitative estimate of drug-likeness (QED) is 0.511. The highest BCUT2D eigenvalue weighted by atomic mass is 15.3. The van der Waals surface area contributed by atoms with Crippen molar-refractivity contribution in [3.63, 3.8) is 0 Å². The van der Waals surface area contributed by atoms with Gasteiger partial charge < -0.3 is 0 Å². The number of rotatable bonds is 2. The molecule has 1 aromatic heterocycles. The van der Waals surface area contributed by atoms with Gasteiger partial charge in [-0.2, -0.15) is 5.10 Å². The van der Waals surface area contributed by atoms with Crippen molar-refractivity contribution in [3.8, 4) is 16.9 Å². The van der Waals surface area contributed by atoms with E-state index in [9.17, 15) is 0 Å². The Balaban J connectivity index is 1.87. The number of nitrogens with zero attached hydrogens (tertiary/aromatic N) is 2. The van der Waals surface area contributed by atoms with Crippen molar-refractivity contribution in [1.29, 1.82) is 0 Å². The molecule has 0 amide bonds. The van der Waals surface area contributed by atoms with Crippen LogP contribution in [0.25, 0.3) is 16.9 Å². The number of fused-ring (bicyclic) bond motifs is 1. The summed E-state index contributed by atoms with van der Waals surface area (Å²) in [5.41, 5.74) is 6.27. The first kappa shape index (κ1) is 16.8. The van der Waals surface area contributed by atoms with E-state index >= 15 is 0 Å². The number of para-hydroxylation sites is 1. The summed E-state index contributed by atoms with van der Waals surface area (Å²) < 4.78 is 2.15. The zero-order valence-electron chi connectivity index (χ0n) is 15.3. The van der Waals surface area contributed by atoms with Crippen LogP contribution >= 0.6 is 0 Å². The normalized spacial score (nSPS) is 16.5. The minimum absolute atomic E-state index is 0.965. The molecule has 0 bridgehead atoms. The van der Waals surface area contributed by atoms with Gasteiger partial charge in [-0.3, -0.25) is 0 Å². The maximum absolute atomic E-state index is 5.08. The molecule has 1 heterocycles. The van der Waals surface area contributed by atoms with E-state index in [0.29, 0.717) is 0 Å². The van der Waals surface area contributed by atoms with E-state index in [1.165, 1.54) is 54.6 Å². The lowest BCUT2D eigenvalue weighted by atomic mass is 10.00. The average molecular weight is 342 g/mol. The third-order valence-electron chi connectivity index (χ3n) is 5.14. The molecule has 2 heteroatoms. The lowest BCUT2D eigenvalue weighted by Crippen LogP contribution is -2.00. The van der Waals surface area contributed by atoms with Gasteiger partial charge in [0.15, 0.2) is 0 Å². The third kappa shape index (κ3) is 3.65. The summed E-state index contributed by atoms with van der Waals surface area (Å²) in [5, 5.41) is 5.08. The molecule has 0 radical (unpaired) electrons. The first-order valence-electron chi connectivity index (χ1n) is 9.80. The summed E-state index contributed by atoms with van der Waals surface area (Å²) in [4.78, 5) is 0. The molecule has 0 spiro atoms. The lowest BCUT2D eigenvalue weighted by Gasteiger charge is -2.09. The molecule has 0 N–H and O–H groups in total. The van der Waals surface area contributed by atoms with Crippen LogP contribution in [-0.2, 0) is 12.8 Å². The van der Waals surface area contributed by atoms with Gasteiger partial charge >= 0.3 is 0 Å². The van der Waals surface area contributed by atoms with Gasteiger partial charge in [-0.1, -0.05) is 73.5 Å². The van der Waals surface area contributed by atoms with Crippen LogP contribution in [0.4, 0.5) is 0 Å².